The molecule has 0 saturated heterocycles. The van der Waals surface area contributed by atoms with E-state index in [1.807, 2.05) is 29.8 Å². The zero-order chi connectivity index (χ0) is 12.3. The summed E-state index contributed by atoms with van der Waals surface area (Å²) in [7, 11) is 0. The molecular weight excluding hydrogens is 318 g/mol. The first-order valence-electron chi connectivity index (χ1n) is 4.73. The normalized spacial score (nSPS) is 12.1. The number of hydrogen-bond donors (Lipinski definition) is 0. The van der Waals surface area contributed by atoms with Gasteiger partial charge in [-0.3, -0.25) is 0 Å². The minimum Gasteiger partial charge on any atom is -0.464 e. The molecule has 5 heteroatoms. The van der Waals surface area contributed by atoms with Gasteiger partial charge in [0.2, 0.25) is 0 Å². The third kappa shape index (κ3) is 2.49. The number of allylic oxidation sites excluding steroid dienone is 1. The van der Waals surface area contributed by atoms with Gasteiger partial charge in [0.05, 0.1) is 20.5 Å². The van der Waals surface area contributed by atoms with Crippen molar-refractivity contribution in [3.8, 4) is 6.07 Å². The van der Waals surface area contributed by atoms with Crippen LogP contribution in [0.4, 0.5) is 0 Å². The Morgan fingerprint density at radius 3 is 2.82 bits per heavy atom. The van der Waals surface area contributed by atoms with Gasteiger partial charge in [-0.05, 0) is 45.8 Å². The molecule has 0 unspecified atom stereocenters. The molecule has 0 aliphatic heterocycles. The lowest BCUT2D eigenvalue weighted by Gasteiger charge is -2.04. The Hall–Kier alpha value is -0.960. The van der Waals surface area contributed by atoms with E-state index in [4.69, 9.17) is 4.42 Å². The molecule has 0 aliphatic carbocycles. The summed E-state index contributed by atoms with van der Waals surface area (Å²) in [6, 6.07) is 7.88. The number of halogens is 1. The standard InChI is InChI=1S/C12H8BrNOS2/c1-16-11(10-3-2-5-15-10)9(7-14)8-4-6-17-12(8)13/h2-6H,1H3/b11-9-. The summed E-state index contributed by atoms with van der Waals surface area (Å²) in [5.74, 6) is 0.729. The van der Waals surface area contributed by atoms with Crippen LogP contribution in [0.25, 0.3) is 10.5 Å². The Bertz CT molecular complexity index is 578. The number of thioether (sulfide) groups is 1. The average molecular weight is 326 g/mol. The van der Waals surface area contributed by atoms with Crippen molar-refractivity contribution in [2.45, 2.75) is 0 Å². The molecule has 0 saturated carbocycles. The highest BCUT2D eigenvalue weighted by Gasteiger charge is 2.15. The SMILES string of the molecule is CS/C(=C(/C#N)c1ccsc1Br)c1ccco1. The van der Waals surface area contributed by atoms with Gasteiger partial charge in [-0.15, -0.1) is 23.1 Å². The van der Waals surface area contributed by atoms with Crippen molar-refractivity contribution in [1.29, 1.82) is 5.26 Å². The molecule has 0 fully saturated rings. The van der Waals surface area contributed by atoms with Gasteiger partial charge in [0.1, 0.15) is 11.8 Å². The van der Waals surface area contributed by atoms with E-state index in [0.717, 1.165) is 20.0 Å². The first-order chi connectivity index (χ1) is 8.27. The lowest BCUT2D eigenvalue weighted by Crippen LogP contribution is -1.85. The predicted octanol–water partition coefficient (Wildman–Crippen LogP) is 4.86. The van der Waals surface area contributed by atoms with Crippen molar-refractivity contribution in [2.24, 2.45) is 0 Å². The summed E-state index contributed by atoms with van der Waals surface area (Å²) in [4.78, 5) is 0.858. The molecule has 0 aromatic carbocycles. The van der Waals surface area contributed by atoms with Crippen LogP contribution in [0, 0.1) is 11.3 Å². The van der Waals surface area contributed by atoms with Crippen molar-refractivity contribution in [2.75, 3.05) is 6.26 Å². The fraction of sp³-hybridized carbons (Fsp3) is 0.0833. The summed E-state index contributed by atoms with van der Waals surface area (Å²) >= 11 is 6.54. The van der Waals surface area contributed by atoms with Crippen LogP contribution in [-0.2, 0) is 0 Å². The van der Waals surface area contributed by atoms with Gasteiger partial charge in [-0.25, -0.2) is 0 Å². The lowest BCUT2D eigenvalue weighted by molar-refractivity contribution is 0.556. The maximum Gasteiger partial charge on any atom is 0.141 e. The molecule has 17 heavy (non-hydrogen) atoms. The third-order valence-electron chi connectivity index (χ3n) is 2.18. The van der Waals surface area contributed by atoms with E-state index in [2.05, 4.69) is 22.0 Å². The maximum absolute atomic E-state index is 9.34. The predicted molar refractivity (Wildman–Crippen MR) is 76.7 cm³/mol. The molecule has 0 radical (unpaired) electrons. The van der Waals surface area contributed by atoms with Crippen molar-refractivity contribution < 1.29 is 4.42 Å². The van der Waals surface area contributed by atoms with Crippen molar-refractivity contribution in [3.63, 3.8) is 0 Å². The molecule has 2 nitrogen and oxygen atoms in total. The van der Waals surface area contributed by atoms with Crippen LogP contribution in [0.3, 0.4) is 0 Å². The van der Waals surface area contributed by atoms with Crippen LogP contribution >= 0.6 is 39.0 Å². The number of nitriles is 1. The van der Waals surface area contributed by atoms with Gasteiger partial charge in [-0.1, -0.05) is 0 Å². The summed E-state index contributed by atoms with van der Waals surface area (Å²) < 4.78 is 6.33. The molecule has 0 atom stereocenters. The highest BCUT2D eigenvalue weighted by atomic mass is 79.9. The second kappa shape index (κ2) is 5.58. The molecular formula is C12H8BrNOS2. The van der Waals surface area contributed by atoms with Gasteiger partial charge >= 0.3 is 0 Å². The van der Waals surface area contributed by atoms with Crippen LogP contribution in [-0.4, -0.2) is 6.26 Å². The monoisotopic (exact) mass is 325 g/mol. The van der Waals surface area contributed by atoms with Gasteiger partial charge in [0.15, 0.2) is 0 Å². The number of thiophene rings is 1. The molecule has 0 spiro atoms. The van der Waals surface area contributed by atoms with E-state index in [9.17, 15) is 5.26 Å². The molecule has 0 bridgehead atoms. The summed E-state index contributed by atoms with van der Waals surface area (Å²) in [5, 5.41) is 11.3. The maximum atomic E-state index is 9.34. The van der Waals surface area contributed by atoms with E-state index >= 15 is 0 Å². The highest BCUT2D eigenvalue weighted by Crippen LogP contribution is 2.38. The van der Waals surface area contributed by atoms with Crippen LogP contribution in [0.5, 0.6) is 0 Å². The van der Waals surface area contributed by atoms with E-state index in [1.54, 1.807) is 17.6 Å². The van der Waals surface area contributed by atoms with Crippen LogP contribution in [0.1, 0.15) is 11.3 Å². The van der Waals surface area contributed by atoms with Gasteiger partial charge in [0.25, 0.3) is 0 Å². The second-order valence-electron chi connectivity index (χ2n) is 3.11. The highest BCUT2D eigenvalue weighted by molar-refractivity contribution is 9.11. The van der Waals surface area contributed by atoms with E-state index in [0.29, 0.717) is 5.57 Å². The Kier molecular flexibility index (Phi) is 4.11. The Balaban J connectivity index is 2.61. The van der Waals surface area contributed by atoms with Gasteiger partial charge < -0.3 is 4.42 Å². The molecule has 0 aliphatic rings. The van der Waals surface area contributed by atoms with Crippen LogP contribution in [0.15, 0.2) is 38.0 Å². The van der Waals surface area contributed by atoms with Crippen LogP contribution < -0.4 is 0 Å². The van der Waals surface area contributed by atoms with E-state index < -0.39 is 0 Å². The minimum atomic E-state index is 0.639. The quantitative estimate of drug-likeness (QED) is 0.756. The topological polar surface area (TPSA) is 36.9 Å². The fourth-order valence-corrected chi connectivity index (χ4v) is 3.39. The summed E-state index contributed by atoms with van der Waals surface area (Å²) in [5.41, 5.74) is 1.55. The lowest BCUT2D eigenvalue weighted by atomic mass is 10.1. The second-order valence-corrected chi connectivity index (χ2v) is 6.16. The zero-order valence-corrected chi connectivity index (χ0v) is 12.2. The Labute approximate surface area is 116 Å². The molecule has 0 N–H and O–H groups in total. The smallest absolute Gasteiger partial charge is 0.141 e. The molecule has 86 valence electrons. The molecule has 2 aromatic heterocycles. The minimum absolute atomic E-state index is 0.639. The summed E-state index contributed by atoms with van der Waals surface area (Å²) in [6.45, 7) is 0. The first kappa shape index (κ1) is 12.5. The third-order valence-corrected chi connectivity index (χ3v) is 4.68. The van der Waals surface area contributed by atoms with Crippen molar-refractivity contribution in [1.82, 2.24) is 0 Å². The molecule has 2 heterocycles. The average Bonchev–Trinajstić information content (AvgIpc) is 2.97. The van der Waals surface area contributed by atoms with Crippen molar-refractivity contribution >= 4 is 49.5 Å². The largest absolute Gasteiger partial charge is 0.464 e. The van der Waals surface area contributed by atoms with Gasteiger partial charge in [0, 0.05) is 5.56 Å². The Morgan fingerprint density at radius 2 is 2.35 bits per heavy atom. The number of furan rings is 1. The Morgan fingerprint density at radius 1 is 1.53 bits per heavy atom. The van der Waals surface area contributed by atoms with E-state index in [1.165, 1.54) is 11.8 Å². The number of hydrogen-bond acceptors (Lipinski definition) is 4. The van der Waals surface area contributed by atoms with Crippen LogP contribution in [0.2, 0.25) is 0 Å². The molecule has 2 rings (SSSR count). The van der Waals surface area contributed by atoms with E-state index in [-0.39, 0.29) is 0 Å². The number of nitrogens with zero attached hydrogens (tertiary/aromatic N) is 1. The number of rotatable bonds is 3. The first-order valence-corrected chi connectivity index (χ1v) is 7.63. The zero-order valence-electron chi connectivity index (χ0n) is 8.94. The van der Waals surface area contributed by atoms with Gasteiger partial charge in [-0.2, -0.15) is 5.26 Å². The fourth-order valence-electron chi connectivity index (χ4n) is 1.44. The molecule has 2 aromatic rings. The molecule has 0 amide bonds. The van der Waals surface area contributed by atoms with Crippen molar-refractivity contribution in [3.05, 3.63) is 45.0 Å². The summed E-state index contributed by atoms with van der Waals surface area (Å²) in [6.07, 6.45) is 3.55.